The minimum Gasteiger partial charge on any atom is -0.480 e. The van der Waals surface area contributed by atoms with E-state index in [2.05, 4.69) is 26.3 Å². The number of carbonyl (C=O) groups excluding carboxylic acids is 4. The van der Waals surface area contributed by atoms with E-state index in [0.29, 0.717) is 0 Å². The molecule has 1 unspecified atom stereocenters. The van der Waals surface area contributed by atoms with Gasteiger partial charge < -0.3 is 42.7 Å². The summed E-state index contributed by atoms with van der Waals surface area (Å²) in [6.45, 7) is 6.32. The molecule has 2 rings (SSSR count). The van der Waals surface area contributed by atoms with Crippen LogP contribution in [-0.2, 0) is 19.2 Å². The number of piperazine rings is 1. The van der Waals surface area contributed by atoms with E-state index in [0.717, 1.165) is 4.90 Å². The average Bonchev–Trinajstić information content (AvgIpc) is 3.21. The number of nitrogens with two attached hydrogens (primary N) is 2. The van der Waals surface area contributed by atoms with Crippen LogP contribution in [0.15, 0.2) is 4.99 Å². The molecule has 0 aromatic carbocycles. The molecule has 2 aliphatic rings. The summed E-state index contributed by atoms with van der Waals surface area (Å²) >= 11 is 0. The van der Waals surface area contributed by atoms with Crippen LogP contribution in [0, 0.1) is 5.92 Å². The van der Waals surface area contributed by atoms with Crippen molar-refractivity contribution in [3.63, 3.8) is 0 Å². The van der Waals surface area contributed by atoms with E-state index in [1.54, 1.807) is 20.8 Å². The second-order valence-corrected chi connectivity index (χ2v) is 10.3. The number of primary amides is 1. The first kappa shape index (κ1) is 31.7. The number of carbonyl (C=O) groups is 5. The Morgan fingerprint density at radius 3 is 2.33 bits per heavy atom. The molecule has 220 valence electrons. The minimum atomic E-state index is -1.24. The summed E-state index contributed by atoms with van der Waals surface area (Å²) in [6, 6.07) is -5.99. The van der Waals surface area contributed by atoms with Crippen molar-refractivity contribution in [2.45, 2.75) is 95.4 Å². The maximum atomic E-state index is 13.1. The summed E-state index contributed by atoms with van der Waals surface area (Å²) in [4.78, 5) is 65.7. The fraction of sp³-hybridized carbons (Fsp3) is 0.739. The fourth-order valence-corrected chi connectivity index (χ4v) is 4.42. The Balaban J connectivity index is 1.97. The van der Waals surface area contributed by atoms with Gasteiger partial charge >= 0.3 is 12.0 Å². The number of nitrogens with one attached hydrogen (secondary N) is 4. The van der Waals surface area contributed by atoms with Crippen LogP contribution in [-0.4, -0.2) is 111 Å². The van der Waals surface area contributed by atoms with Gasteiger partial charge in [0.15, 0.2) is 5.96 Å². The van der Waals surface area contributed by atoms with Gasteiger partial charge in [0.25, 0.3) is 0 Å². The molecular weight excluding hydrogens is 516 g/mol. The van der Waals surface area contributed by atoms with Crippen molar-refractivity contribution >= 4 is 35.7 Å². The first-order valence-electron chi connectivity index (χ1n) is 12.8. The van der Waals surface area contributed by atoms with Crippen LogP contribution < -0.4 is 32.7 Å². The highest BCUT2D eigenvalue weighted by atomic mass is 16.4. The summed E-state index contributed by atoms with van der Waals surface area (Å²) in [5.41, 5.74) is 10.9. The SMILES string of the molecule is CC1N[C@H](C(=O)N[C@@H](C)C(=O)N[C@H](C(=O)O)C(C)C)[C@H](CC[C@@H](O)[C@@H](O)C[C@@H]2CN(C(N)=O)C(N)=N2)NC1=O. The van der Waals surface area contributed by atoms with Gasteiger partial charge in [0, 0.05) is 6.42 Å². The number of urea groups is 1. The zero-order valence-corrected chi connectivity index (χ0v) is 22.5. The highest BCUT2D eigenvalue weighted by Gasteiger charge is 2.39. The third kappa shape index (κ3) is 8.49. The predicted octanol–water partition coefficient (Wildman–Crippen LogP) is -3.47. The summed E-state index contributed by atoms with van der Waals surface area (Å²) < 4.78 is 0. The van der Waals surface area contributed by atoms with Gasteiger partial charge in [-0.1, -0.05) is 13.8 Å². The molecule has 0 spiro atoms. The average molecular weight is 557 g/mol. The summed E-state index contributed by atoms with van der Waals surface area (Å²) in [7, 11) is 0. The number of aliphatic hydroxyl groups excluding tert-OH is 2. The lowest BCUT2D eigenvalue weighted by molar-refractivity contribution is -0.143. The lowest BCUT2D eigenvalue weighted by Gasteiger charge is -2.36. The molecule has 2 aliphatic heterocycles. The highest BCUT2D eigenvalue weighted by molar-refractivity contribution is 5.96. The fourth-order valence-electron chi connectivity index (χ4n) is 4.42. The molecule has 1 fully saturated rings. The number of nitrogens with zero attached hydrogens (tertiary/aromatic N) is 2. The number of hydrogen-bond acceptors (Lipinski definition) is 10. The zero-order valence-electron chi connectivity index (χ0n) is 22.5. The van der Waals surface area contributed by atoms with E-state index in [1.165, 1.54) is 6.92 Å². The molecule has 1 saturated heterocycles. The van der Waals surface area contributed by atoms with Crippen LogP contribution >= 0.6 is 0 Å². The van der Waals surface area contributed by atoms with Crippen molar-refractivity contribution in [3.8, 4) is 0 Å². The van der Waals surface area contributed by atoms with Crippen molar-refractivity contribution < 1.29 is 39.3 Å². The van der Waals surface area contributed by atoms with Crippen LogP contribution in [0.1, 0.15) is 47.0 Å². The number of aliphatic imine (C=N–C) groups is 1. The monoisotopic (exact) mass is 556 g/mol. The molecule has 16 heteroatoms. The van der Waals surface area contributed by atoms with Crippen LogP contribution in [0.25, 0.3) is 0 Å². The van der Waals surface area contributed by atoms with Crippen LogP contribution in [0.3, 0.4) is 0 Å². The molecule has 39 heavy (non-hydrogen) atoms. The van der Waals surface area contributed by atoms with Crippen molar-refractivity contribution in [3.05, 3.63) is 0 Å². The molecule has 0 saturated carbocycles. The van der Waals surface area contributed by atoms with Gasteiger partial charge in [0.2, 0.25) is 17.7 Å². The molecule has 8 atom stereocenters. The number of rotatable bonds is 12. The Kier molecular flexibility index (Phi) is 11.0. The standard InChI is InChI=1S/C23H40N8O8/c1-9(2)16(21(37)38)30-19(35)11(4)27-20(36)17-13(29-18(34)10(3)26-17)5-6-14(32)15(33)7-12-8-31(23(25)39)22(24)28-12/h9-17,26,32-33H,5-8H2,1-4H3,(H2,24,28)(H2,25,39)(H,27,36)(H,29,34)(H,30,35)(H,37,38)/t10?,11-,12+,13-,14+,15-,16-,17-/m0/s1. The summed E-state index contributed by atoms with van der Waals surface area (Å²) in [5, 5.41) is 40.8. The predicted molar refractivity (Wildman–Crippen MR) is 138 cm³/mol. The Morgan fingerprint density at radius 2 is 1.79 bits per heavy atom. The van der Waals surface area contributed by atoms with Crippen molar-refractivity contribution in [1.29, 1.82) is 0 Å². The summed E-state index contributed by atoms with van der Waals surface area (Å²) in [6.07, 6.45) is -2.37. The number of aliphatic carboxylic acids is 1. The molecule has 11 N–H and O–H groups in total. The molecule has 0 radical (unpaired) electrons. The molecular formula is C23H40N8O8. The van der Waals surface area contributed by atoms with Crippen LogP contribution in [0.5, 0.6) is 0 Å². The van der Waals surface area contributed by atoms with E-state index in [4.69, 9.17) is 11.5 Å². The van der Waals surface area contributed by atoms with Gasteiger partial charge in [0.05, 0.1) is 36.9 Å². The lowest BCUT2D eigenvalue weighted by Crippen LogP contribution is -2.68. The second kappa shape index (κ2) is 13.5. The van der Waals surface area contributed by atoms with E-state index in [9.17, 15) is 39.3 Å². The number of guanidine groups is 1. The Hall–Kier alpha value is -3.50. The third-order valence-electron chi connectivity index (χ3n) is 6.80. The quantitative estimate of drug-likeness (QED) is 0.115. The normalized spacial score (nSPS) is 26.2. The van der Waals surface area contributed by atoms with Crippen molar-refractivity contribution in [2.24, 2.45) is 22.4 Å². The van der Waals surface area contributed by atoms with Gasteiger partial charge in [0.1, 0.15) is 18.1 Å². The van der Waals surface area contributed by atoms with Gasteiger partial charge in [-0.3, -0.25) is 24.6 Å². The van der Waals surface area contributed by atoms with Crippen molar-refractivity contribution in [2.75, 3.05) is 6.54 Å². The lowest BCUT2D eigenvalue weighted by atomic mass is 9.93. The van der Waals surface area contributed by atoms with Gasteiger partial charge in [-0.05, 0) is 32.6 Å². The number of amides is 5. The Bertz CT molecular complexity index is 976. The van der Waals surface area contributed by atoms with Gasteiger partial charge in [-0.25, -0.2) is 14.6 Å². The molecule has 0 aliphatic carbocycles. The van der Waals surface area contributed by atoms with E-state index < -0.39 is 72.3 Å². The largest absolute Gasteiger partial charge is 0.480 e. The molecule has 0 bridgehead atoms. The summed E-state index contributed by atoms with van der Waals surface area (Å²) in [5.74, 6) is -3.30. The van der Waals surface area contributed by atoms with Crippen molar-refractivity contribution in [1.82, 2.24) is 26.2 Å². The number of hydrogen-bond donors (Lipinski definition) is 9. The van der Waals surface area contributed by atoms with Gasteiger partial charge in [-0.15, -0.1) is 0 Å². The maximum Gasteiger partial charge on any atom is 0.326 e. The maximum absolute atomic E-state index is 13.1. The Labute approximate surface area is 225 Å². The number of carboxylic acid groups (broad SMARTS) is 1. The zero-order chi connectivity index (χ0) is 29.6. The second-order valence-electron chi connectivity index (χ2n) is 10.3. The van der Waals surface area contributed by atoms with E-state index in [-0.39, 0.29) is 43.6 Å². The Morgan fingerprint density at radius 1 is 1.15 bits per heavy atom. The molecule has 2 heterocycles. The molecule has 0 aromatic rings. The molecule has 16 nitrogen and oxygen atoms in total. The first-order valence-corrected chi connectivity index (χ1v) is 12.8. The van der Waals surface area contributed by atoms with Crippen LogP contribution in [0.4, 0.5) is 4.79 Å². The highest BCUT2D eigenvalue weighted by Crippen LogP contribution is 2.18. The van der Waals surface area contributed by atoms with Crippen LogP contribution in [0.2, 0.25) is 0 Å². The topological polar surface area (TPSA) is 262 Å². The number of carboxylic acids is 1. The smallest absolute Gasteiger partial charge is 0.326 e. The number of aliphatic hydroxyl groups is 2. The van der Waals surface area contributed by atoms with E-state index >= 15 is 0 Å². The van der Waals surface area contributed by atoms with E-state index in [1.807, 2.05) is 0 Å². The van der Waals surface area contributed by atoms with Gasteiger partial charge in [-0.2, -0.15) is 0 Å². The minimum absolute atomic E-state index is 0.00211. The first-order chi connectivity index (χ1) is 18.1. The molecule has 0 aromatic heterocycles. The third-order valence-corrected chi connectivity index (χ3v) is 6.80. The molecule has 5 amide bonds.